The van der Waals surface area contributed by atoms with Crippen LogP contribution in [0.15, 0.2) is 0 Å². The maximum Gasteiger partial charge on any atom is 0.220 e. The van der Waals surface area contributed by atoms with E-state index in [2.05, 4.69) is 10.6 Å². The fraction of sp³-hybridized carbons (Fsp3) is 0.800. The lowest BCUT2D eigenvalue weighted by atomic mass is 10.2. The summed E-state index contributed by atoms with van der Waals surface area (Å²) in [7, 11) is 0. The smallest absolute Gasteiger partial charge is 0.220 e. The Bertz CT molecular complexity index is 191. The van der Waals surface area contributed by atoms with Gasteiger partial charge >= 0.3 is 0 Å². The molecule has 0 unspecified atom stereocenters. The molecule has 0 aromatic carbocycles. The lowest BCUT2D eigenvalue weighted by molar-refractivity contribution is -0.126. The van der Waals surface area contributed by atoms with Gasteiger partial charge in [0.2, 0.25) is 11.8 Å². The molecule has 0 saturated heterocycles. The van der Waals surface area contributed by atoms with Crippen molar-refractivity contribution in [2.24, 2.45) is 0 Å². The van der Waals surface area contributed by atoms with E-state index in [1.807, 2.05) is 20.8 Å². The third-order valence-electron chi connectivity index (χ3n) is 1.60. The van der Waals surface area contributed by atoms with Gasteiger partial charge in [-0.2, -0.15) is 0 Å². The molecule has 0 aromatic heterocycles. The average molecular weight is 200 g/mol. The van der Waals surface area contributed by atoms with E-state index in [0.29, 0.717) is 6.54 Å². The second-order valence-electron chi connectivity index (χ2n) is 3.57. The maximum atomic E-state index is 11.1. The highest BCUT2D eigenvalue weighted by Gasteiger charge is 2.06. The Morgan fingerprint density at radius 2 is 1.71 bits per heavy atom. The molecule has 14 heavy (non-hydrogen) atoms. The zero-order valence-electron chi connectivity index (χ0n) is 9.22. The molecule has 0 aromatic rings. The van der Waals surface area contributed by atoms with Gasteiger partial charge in [0.05, 0.1) is 0 Å². The first kappa shape index (κ1) is 12.9. The fourth-order valence-electron chi connectivity index (χ4n) is 0.974. The Kier molecular flexibility index (Phi) is 6.80. The van der Waals surface area contributed by atoms with Crippen LogP contribution in [0.4, 0.5) is 0 Å². The molecule has 0 aliphatic rings. The number of carbonyl (C=O) groups excluding carboxylic acids is 2. The molecule has 0 rings (SSSR count). The van der Waals surface area contributed by atoms with Crippen molar-refractivity contribution in [2.45, 2.75) is 46.1 Å². The molecular formula is C10H20N2O2. The summed E-state index contributed by atoms with van der Waals surface area (Å²) >= 11 is 0. The highest BCUT2D eigenvalue weighted by molar-refractivity contribution is 5.83. The first-order chi connectivity index (χ1) is 6.56. The SMILES string of the molecule is CCCNC(=O)CCC(=O)NC(C)C. The Balaban J connectivity index is 3.51. The Morgan fingerprint density at radius 3 is 2.21 bits per heavy atom. The summed E-state index contributed by atoms with van der Waals surface area (Å²) in [5, 5.41) is 5.46. The van der Waals surface area contributed by atoms with E-state index in [-0.39, 0.29) is 30.7 Å². The van der Waals surface area contributed by atoms with Crippen LogP contribution in [-0.2, 0) is 9.59 Å². The van der Waals surface area contributed by atoms with Crippen LogP contribution in [0.2, 0.25) is 0 Å². The predicted octanol–water partition coefficient (Wildman–Crippen LogP) is 0.817. The number of carbonyl (C=O) groups is 2. The Hall–Kier alpha value is -1.06. The van der Waals surface area contributed by atoms with E-state index >= 15 is 0 Å². The quantitative estimate of drug-likeness (QED) is 0.667. The molecule has 0 heterocycles. The van der Waals surface area contributed by atoms with E-state index in [1.165, 1.54) is 0 Å². The van der Waals surface area contributed by atoms with Gasteiger partial charge in [-0.05, 0) is 20.3 Å². The average Bonchev–Trinajstić information content (AvgIpc) is 2.10. The third-order valence-corrected chi connectivity index (χ3v) is 1.60. The zero-order chi connectivity index (χ0) is 11.0. The second kappa shape index (κ2) is 7.35. The van der Waals surface area contributed by atoms with Gasteiger partial charge in [-0.3, -0.25) is 9.59 Å². The molecule has 0 spiro atoms. The third kappa shape index (κ3) is 7.58. The van der Waals surface area contributed by atoms with Crippen molar-refractivity contribution in [3.05, 3.63) is 0 Å². The molecule has 82 valence electrons. The van der Waals surface area contributed by atoms with Crippen LogP contribution >= 0.6 is 0 Å². The summed E-state index contributed by atoms with van der Waals surface area (Å²) in [6.07, 6.45) is 1.47. The summed E-state index contributed by atoms with van der Waals surface area (Å²) in [4.78, 5) is 22.2. The summed E-state index contributed by atoms with van der Waals surface area (Å²) in [6, 6.07) is 0.140. The van der Waals surface area contributed by atoms with Gasteiger partial charge in [0.1, 0.15) is 0 Å². The van der Waals surface area contributed by atoms with Gasteiger partial charge in [-0.15, -0.1) is 0 Å². The number of nitrogens with one attached hydrogen (secondary N) is 2. The zero-order valence-corrected chi connectivity index (χ0v) is 9.22. The van der Waals surface area contributed by atoms with E-state index in [9.17, 15) is 9.59 Å². The Morgan fingerprint density at radius 1 is 1.14 bits per heavy atom. The van der Waals surface area contributed by atoms with E-state index in [1.54, 1.807) is 0 Å². The summed E-state index contributed by atoms with van der Waals surface area (Å²) in [6.45, 7) is 6.47. The molecular weight excluding hydrogens is 180 g/mol. The normalized spacial score (nSPS) is 10.0. The summed E-state index contributed by atoms with van der Waals surface area (Å²) in [5.74, 6) is -0.114. The highest BCUT2D eigenvalue weighted by atomic mass is 16.2. The topological polar surface area (TPSA) is 58.2 Å². The molecule has 2 N–H and O–H groups in total. The van der Waals surface area contributed by atoms with Crippen LogP contribution in [0.3, 0.4) is 0 Å². The highest BCUT2D eigenvalue weighted by Crippen LogP contribution is 1.90. The molecule has 0 saturated carbocycles. The molecule has 0 bridgehead atoms. The lowest BCUT2D eigenvalue weighted by Crippen LogP contribution is -2.32. The van der Waals surface area contributed by atoms with Crippen LogP contribution in [0.25, 0.3) is 0 Å². The van der Waals surface area contributed by atoms with Crippen molar-refractivity contribution < 1.29 is 9.59 Å². The van der Waals surface area contributed by atoms with Crippen molar-refractivity contribution >= 4 is 11.8 Å². The van der Waals surface area contributed by atoms with Gasteiger partial charge in [0, 0.05) is 25.4 Å². The Labute approximate surface area is 85.4 Å². The van der Waals surface area contributed by atoms with E-state index < -0.39 is 0 Å². The van der Waals surface area contributed by atoms with Crippen LogP contribution < -0.4 is 10.6 Å². The van der Waals surface area contributed by atoms with Gasteiger partial charge in [-0.25, -0.2) is 0 Å². The fourth-order valence-corrected chi connectivity index (χ4v) is 0.974. The molecule has 0 aliphatic carbocycles. The van der Waals surface area contributed by atoms with Crippen LogP contribution in [0, 0.1) is 0 Å². The van der Waals surface area contributed by atoms with Gasteiger partial charge in [-0.1, -0.05) is 6.92 Å². The standard InChI is InChI=1S/C10H20N2O2/c1-4-7-11-9(13)5-6-10(14)12-8(2)3/h8H,4-7H2,1-3H3,(H,11,13)(H,12,14). The first-order valence-electron chi connectivity index (χ1n) is 5.12. The minimum Gasteiger partial charge on any atom is -0.356 e. The number of hydrogen-bond acceptors (Lipinski definition) is 2. The van der Waals surface area contributed by atoms with Gasteiger partial charge in [0.15, 0.2) is 0 Å². The molecule has 0 radical (unpaired) electrons. The minimum absolute atomic E-state index is 0.0502. The molecule has 0 atom stereocenters. The van der Waals surface area contributed by atoms with E-state index in [4.69, 9.17) is 0 Å². The number of rotatable bonds is 6. The van der Waals surface area contributed by atoms with E-state index in [0.717, 1.165) is 6.42 Å². The van der Waals surface area contributed by atoms with Gasteiger partial charge < -0.3 is 10.6 Å². The monoisotopic (exact) mass is 200 g/mol. The molecule has 0 fully saturated rings. The summed E-state index contributed by atoms with van der Waals surface area (Å²) in [5.41, 5.74) is 0. The maximum absolute atomic E-state index is 11.1. The summed E-state index contributed by atoms with van der Waals surface area (Å²) < 4.78 is 0. The van der Waals surface area contributed by atoms with Crippen LogP contribution in [0.1, 0.15) is 40.0 Å². The number of amides is 2. The number of hydrogen-bond donors (Lipinski definition) is 2. The van der Waals surface area contributed by atoms with Crippen LogP contribution in [0.5, 0.6) is 0 Å². The molecule has 4 heteroatoms. The van der Waals surface area contributed by atoms with Crippen molar-refractivity contribution in [2.75, 3.05) is 6.54 Å². The van der Waals surface area contributed by atoms with Crippen molar-refractivity contribution in [1.82, 2.24) is 10.6 Å². The second-order valence-corrected chi connectivity index (χ2v) is 3.57. The van der Waals surface area contributed by atoms with Crippen molar-refractivity contribution in [1.29, 1.82) is 0 Å². The minimum atomic E-state index is -0.0633. The lowest BCUT2D eigenvalue weighted by Gasteiger charge is -2.07. The van der Waals surface area contributed by atoms with Gasteiger partial charge in [0.25, 0.3) is 0 Å². The molecule has 2 amide bonds. The molecule has 0 aliphatic heterocycles. The van der Waals surface area contributed by atoms with Crippen molar-refractivity contribution in [3.8, 4) is 0 Å². The van der Waals surface area contributed by atoms with Crippen LogP contribution in [-0.4, -0.2) is 24.4 Å². The predicted molar refractivity (Wildman–Crippen MR) is 55.8 cm³/mol. The van der Waals surface area contributed by atoms with Crippen molar-refractivity contribution in [3.63, 3.8) is 0 Å². The molecule has 4 nitrogen and oxygen atoms in total. The largest absolute Gasteiger partial charge is 0.356 e. The first-order valence-corrected chi connectivity index (χ1v) is 5.12.